The van der Waals surface area contributed by atoms with Gasteiger partial charge in [0.2, 0.25) is 10.0 Å². The molecule has 0 fully saturated rings. The Hall–Kier alpha value is -1.07. The number of ether oxygens (including phenoxy) is 1. The van der Waals surface area contributed by atoms with E-state index in [9.17, 15) is 8.42 Å². The maximum absolute atomic E-state index is 12.0. The van der Waals surface area contributed by atoms with Crippen LogP contribution in [0.5, 0.6) is 5.75 Å². The molecule has 0 atom stereocenters. The molecular weight excluding hydrogens is 238 g/mol. The van der Waals surface area contributed by atoms with Gasteiger partial charge in [0.1, 0.15) is 5.75 Å². The lowest BCUT2D eigenvalue weighted by atomic mass is 10.2. The van der Waals surface area contributed by atoms with Gasteiger partial charge in [0.05, 0.1) is 11.5 Å². The second-order valence-corrected chi connectivity index (χ2v) is 6.38. The van der Waals surface area contributed by atoms with Crippen molar-refractivity contribution in [2.45, 2.75) is 25.2 Å². The molecule has 0 aliphatic carbocycles. The highest BCUT2D eigenvalue weighted by atomic mass is 32.2. The van der Waals surface area contributed by atoms with Crippen LogP contribution in [0, 0.1) is 5.92 Å². The Morgan fingerprint density at radius 1 is 1.41 bits per heavy atom. The van der Waals surface area contributed by atoms with Crippen molar-refractivity contribution in [3.05, 3.63) is 23.8 Å². The minimum Gasteiger partial charge on any atom is -0.493 e. The lowest BCUT2D eigenvalue weighted by Crippen LogP contribution is -2.27. The number of hydrogen-bond acceptors (Lipinski definition) is 3. The van der Waals surface area contributed by atoms with Crippen LogP contribution in [0.15, 0.2) is 23.1 Å². The van der Waals surface area contributed by atoms with E-state index in [0.29, 0.717) is 24.0 Å². The van der Waals surface area contributed by atoms with Crippen LogP contribution in [0.4, 0.5) is 0 Å². The minimum atomic E-state index is -3.38. The summed E-state index contributed by atoms with van der Waals surface area (Å²) in [5.74, 6) is 1.09. The molecule has 1 N–H and O–H groups in total. The summed E-state index contributed by atoms with van der Waals surface area (Å²) in [6.45, 7) is 5.03. The highest BCUT2D eigenvalue weighted by Crippen LogP contribution is 2.27. The third kappa shape index (κ3) is 2.79. The van der Waals surface area contributed by atoms with E-state index in [4.69, 9.17) is 4.74 Å². The van der Waals surface area contributed by atoms with Gasteiger partial charge in [-0.3, -0.25) is 0 Å². The number of fused-ring (bicyclic) bond motifs is 1. The minimum absolute atomic E-state index is 0.294. The van der Waals surface area contributed by atoms with E-state index in [0.717, 1.165) is 17.7 Å². The molecule has 1 aliphatic heterocycles. The monoisotopic (exact) mass is 255 g/mol. The van der Waals surface area contributed by atoms with E-state index in [-0.39, 0.29) is 0 Å². The van der Waals surface area contributed by atoms with E-state index in [2.05, 4.69) is 4.72 Å². The van der Waals surface area contributed by atoms with Crippen molar-refractivity contribution in [3.63, 3.8) is 0 Å². The zero-order valence-corrected chi connectivity index (χ0v) is 10.9. The predicted molar refractivity (Wildman–Crippen MR) is 65.7 cm³/mol. The fourth-order valence-corrected chi connectivity index (χ4v) is 2.95. The first kappa shape index (κ1) is 12.4. The molecular formula is C12H17NO3S. The van der Waals surface area contributed by atoms with Gasteiger partial charge in [-0.15, -0.1) is 0 Å². The molecule has 5 heteroatoms. The molecule has 0 unspecified atom stereocenters. The molecule has 0 saturated carbocycles. The van der Waals surface area contributed by atoms with Gasteiger partial charge in [-0.1, -0.05) is 13.8 Å². The maximum Gasteiger partial charge on any atom is 0.240 e. The largest absolute Gasteiger partial charge is 0.493 e. The Bertz CT molecular complexity index is 508. The van der Waals surface area contributed by atoms with Gasteiger partial charge in [0, 0.05) is 13.0 Å². The number of sulfonamides is 1. The molecule has 17 heavy (non-hydrogen) atoms. The van der Waals surface area contributed by atoms with Crippen molar-refractivity contribution in [2.24, 2.45) is 5.92 Å². The van der Waals surface area contributed by atoms with Crippen molar-refractivity contribution in [1.82, 2.24) is 4.72 Å². The highest BCUT2D eigenvalue weighted by Gasteiger charge is 2.19. The maximum atomic E-state index is 12.0. The van der Waals surface area contributed by atoms with Crippen molar-refractivity contribution in [2.75, 3.05) is 13.2 Å². The first-order valence-electron chi connectivity index (χ1n) is 5.74. The lowest BCUT2D eigenvalue weighted by molar-refractivity contribution is 0.356. The summed E-state index contributed by atoms with van der Waals surface area (Å²) in [6, 6.07) is 5.02. The standard InChI is InChI=1S/C12H17NO3S/c1-9(2)8-13-17(14,15)11-3-4-12-10(7-11)5-6-16-12/h3-4,7,9,13H,5-6,8H2,1-2H3. The number of benzene rings is 1. The van der Waals surface area contributed by atoms with Gasteiger partial charge in [-0.25, -0.2) is 13.1 Å². The summed E-state index contributed by atoms with van der Waals surface area (Å²) in [5, 5.41) is 0. The second kappa shape index (κ2) is 4.66. The summed E-state index contributed by atoms with van der Waals surface area (Å²) in [6.07, 6.45) is 0.781. The first-order chi connectivity index (χ1) is 7.99. The number of rotatable bonds is 4. The zero-order chi connectivity index (χ0) is 12.5. The van der Waals surface area contributed by atoms with Gasteiger partial charge in [0.15, 0.2) is 0 Å². The average Bonchev–Trinajstić information content (AvgIpc) is 2.73. The molecule has 0 bridgehead atoms. The smallest absolute Gasteiger partial charge is 0.240 e. The van der Waals surface area contributed by atoms with Gasteiger partial charge in [-0.2, -0.15) is 0 Å². The van der Waals surface area contributed by atoms with Crippen molar-refractivity contribution >= 4 is 10.0 Å². The van der Waals surface area contributed by atoms with E-state index in [1.54, 1.807) is 18.2 Å². The van der Waals surface area contributed by atoms with Crippen LogP contribution in [-0.2, 0) is 16.4 Å². The van der Waals surface area contributed by atoms with Crippen LogP contribution in [0.25, 0.3) is 0 Å². The van der Waals surface area contributed by atoms with Crippen molar-refractivity contribution < 1.29 is 13.2 Å². The Balaban J connectivity index is 2.22. The van der Waals surface area contributed by atoms with Crippen LogP contribution in [0.3, 0.4) is 0 Å². The SMILES string of the molecule is CC(C)CNS(=O)(=O)c1ccc2c(c1)CCO2. The normalized spacial score (nSPS) is 14.8. The topological polar surface area (TPSA) is 55.4 Å². The molecule has 0 aromatic heterocycles. The summed E-state index contributed by atoms with van der Waals surface area (Å²) in [7, 11) is -3.38. The number of hydrogen-bond donors (Lipinski definition) is 1. The van der Waals surface area contributed by atoms with E-state index in [1.807, 2.05) is 13.8 Å². The fraction of sp³-hybridized carbons (Fsp3) is 0.500. The van der Waals surface area contributed by atoms with Gasteiger partial charge in [0.25, 0.3) is 0 Å². The molecule has 1 aromatic rings. The highest BCUT2D eigenvalue weighted by molar-refractivity contribution is 7.89. The third-order valence-electron chi connectivity index (χ3n) is 2.65. The van der Waals surface area contributed by atoms with Gasteiger partial charge >= 0.3 is 0 Å². The summed E-state index contributed by atoms with van der Waals surface area (Å²) < 4.78 is 31.9. The van der Waals surface area contributed by atoms with E-state index in [1.165, 1.54) is 0 Å². The first-order valence-corrected chi connectivity index (χ1v) is 7.23. The Labute approximate surface area is 102 Å². The average molecular weight is 255 g/mol. The van der Waals surface area contributed by atoms with Crippen molar-refractivity contribution in [3.8, 4) is 5.75 Å². The molecule has 4 nitrogen and oxygen atoms in total. The molecule has 1 heterocycles. The summed E-state index contributed by atoms with van der Waals surface area (Å²) in [4.78, 5) is 0.322. The lowest BCUT2D eigenvalue weighted by Gasteiger charge is -2.09. The van der Waals surface area contributed by atoms with Crippen LogP contribution in [0.2, 0.25) is 0 Å². The van der Waals surface area contributed by atoms with Gasteiger partial charge < -0.3 is 4.74 Å². The van der Waals surface area contributed by atoms with E-state index >= 15 is 0 Å². The summed E-state index contributed by atoms with van der Waals surface area (Å²) >= 11 is 0. The second-order valence-electron chi connectivity index (χ2n) is 4.61. The fourth-order valence-electron chi connectivity index (χ4n) is 1.69. The Morgan fingerprint density at radius 3 is 2.88 bits per heavy atom. The molecule has 1 aliphatic rings. The zero-order valence-electron chi connectivity index (χ0n) is 10.1. The Morgan fingerprint density at radius 2 is 2.18 bits per heavy atom. The van der Waals surface area contributed by atoms with Crippen LogP contribution in [0.1, 0.15) is 19.4 Å². The number of nitrogens with one attached hydrogen (secondary N) is 1. The van der Waals surface area contributed by atoms with Crippen LogP contribution >= 0.6 is 0 Å². The van der Waals surface area contributed by atoms with Gasteiger partial charge in [-0.05, 0) is 29.7 Å². The molecule has 94 valence electrons. The molecule has 0 saturated heterocycles. The van der Waals surface area contributed by atoms with E-state index < -0.39 is 10.0 Å². The molecule has 0 radical (unpaired) electrons. The molecule has 0 amide bonds. The van der Waals surface area contributed by atoms with Crippen LogP contribution < -0.4 is 9.46 Å². The molecule has 0 spiro atoms. The Kier molecular flexibility index (Phi) is 3.40. The van der Waals surface area contributed by atoms with Crippen LogP contribution in [-0.4, -0.2) is 21.6 Å². The molecule has 1 aromatic carbocycles. The quantitative estimate of drug-likeness (QED) is 0.888. The molecule has 2 rings (SSSR count). The predicted octanol–water partition coefficient (Wildman–Crippen LogP) is 1.56. The van der Waals surface area contributed by atoms with Crippen molar-refractivity contribution in [1.29, 1.82) is 0 Å². The third-order valence-corrected chi connectivity index (χ3v) is 4.07. The summed E-state index contributed by atoms with van der Waals surface area (Å²) in [5.41, 5.74) is 0.970.